The van der Waals surface area contributed by atoms with Gasteiger partial charge in [0.1, 0.15) is 0 Å². The molecule has 0 saturated carbocycles. The normalized spacial score (nSPS) is 13.6. The number of hydrogen-bond acceptors (Lipinski definition) is 4. The summed E-state index contributed by atoms with van der Waals surface area (Å²) in [5, 5.41) is 0. The van der Waals surface area contributed by atoms with Gasteiger partial charge < -0.3 is 15.2 Å². The fourth-order valence-electron chi connectivity index (χ4n) is 1.61. The van der Waals surface area contributed by atoms with Gasteiger partial charge in [-0.15, -0.1) is 0 Å². The van der Waals surface area contributed by atoms with E-state index in [2.05, 4.69) is 6.92 Å². The number of rotatable bonds is 3. The Morgan fingerprint density at radius 3 is 2.67 bits per heavy atom. The van der Waals surface area contributed by atoms with E-state index in [1.807, 2.05) is 24.1 Å². The van der Waals surface area contributed by atoms with Crippen LogP contribution in [0.2, 0.25) is 0 Å². The van der Waals surface area contributed by atoms with Crippen molar-refractivity contribution in [3.05, 3.63) is 23.3 Å². The molecular formula is C11H16N2O2. The van der Waals surface area contributed by atoms with Crippen molar-refractivity contribution < 1.29 is 9.47 Å². The van der Waals surface area contributed by atoms with Gasteiger partial charge in [0.15, 0.2) is 11.5 Å². The van der Waals surface area contributed by atoms with Crippen LogP contribution in [-0.4, -0.2) is 25.4 Å². The van der Waals surface area contributed by atoms with E-state index in [4.69, 9.17) is 15.2 Å². The van der Waals surface area contributed by atoms with Crippen molar-refractivity contribution in [2.75, 3.05) is 20.5 Å². The minimum Gasteiger partial charge on any atom is -0.454 e. The second-order valence-electron chi connectivity index (χ2n) is 3.83. The minimum absolute atomic E-state index is 0.324. The fraction of sp³-hybridized carbons (Fsp3) is 0.455. The van der Waals surface area contributed by atoms with Crippen LogP contribution in [0.5, 0.6) is 11.5 Å². The largest absolute Gasteiger partial charge is 0.454 e. The van der Waals surface area contributed by atoms with Crippen molar-refractivity contribution >= 4 is 0 Å². The number of nitrogens with two attached hydrogens (primary N) is 1. The van der Waals surface area contributed by atoms with E-state index >= 15 is 0 Å². The van der Waals surface area contributed by atoms with Gasteiger partial charge in [0.25, 0.3) is 0 Å². The lowest BCUT2D eigenvalue weighted by Gasteiger charge is -2.15. The van der Waals surface area contributed by atoms with Crippen molar-refractivity contribution in [1.82, 2.24) is 4.90 Å². The third-order valence-electron chi connectivity index (χ3n) is 2.58. The van der Waals surface area contributed by atoms with Gasteiger partial charge in [-0.05, 0) is 37.2 Å². The first-order valence-corrected chi connectivity index (χ1v) is 4.98. The quantitative estimate of drug-likeness (QED) is 0.755. The predicted molar refractivity (Wildman–Crippen MR) is 57.8 cm³/mol. The van der Waals surface area contributed by atoms with E-state index in [1.54, 1.807) is 0 Å². The van der Waals surface area contributed by atoms with Crippen molar-refractivity contribution in [1.29, 1.82) is 0 Å². The van der Waals surface area contributed by atoms with Crippen LogP contribution in [-0.2, 0) is 6.54 Å². The topological polar surface area (TPSA) is 47.7 Å². The predicted octanol–water partition coefficient (Wildman–Crippen LogP) is 1.07. The van der Waals surface area contributed by atoms with Gasteiger partial charge in [-0.3, -0.25) is 4.90 Å². The lowest BCUT2D eigenvalue weighted by molar-refractivity contribution is 0.174. The van der Waals surface area contributed by atoms with Gasteiger partial charge in [0, 0.05) is 13.2 Å². The third-order valence-corrected chi connectivity index (χ3v) is 2.58. The molecule has 2 N–H and O–H groups in total. The van der Waals surface area contributed by atoms with E-state index < -0.39 is 0 Å². The van der Waals surface area contributed by atoms with Gasteiger partial charge in [-0.2, -0.15) is 0 Å². The molecule has 1 aromatic carbocycles. The molecule has 0 aliphatic carbocycles. The zero-order chi connectivity index (χ0) is 10.8. The first-order chi connectivity index (χ1) is 7.20. The van der Waals surface area contributed by atoms with Crippen LogP contribution >= 0.6 is 0 Å². The van der Waals surface area contributed by atoms with Crippen LogP contribution in [0.1, 0.15) is 11.1 Å². The monoisotopic (exact) mass is 208 g/mol. The lowest BCUT2D eigenvalue weighted by Crippen LogP contribution is -2.25. The Balaban J connectivity index is 2.24. The molecule has 4 heteroatoms. The van der Waals surface area contributed by atoms with Crippen LogP contribution in [0.3, 0.4) is 0 Å². The smallest absolute Gasteiger partial charge is 0.231 e. The molecule has 1 heterocycles. The molecule has 82 valence electrons. The highest BCUT2D eigenvalue weighted by Gasteiger charge is 2.15. The second-order valence-corrected chi connectivity index (χ2v) is 3.83. The molecule has 0 spiro atoms. The zero-order valence-corrected chi connectivity index (χ0v) is 9.12. The van der Waals surface area contributed by atoms with E-state index in [0.717, 1.165) is 18.0 Å². The summed E-state index contributed by atoms with van der Waals surface area (Å²) >= 11 is 0. The van der Waals surface area contributed by atoms with Crippen LogP contribution in [0.25, 0.3) is 0 Å². The first kappa shape index (κ1) is 10.3. The molecular weight excluding hydrogens is 192 g/mol. The molecule has 1 aliphatic heterocycles. The van der Waals surface area contributed by atoms with Crippen molar-refractivity contribution in [3.63, 3.8) is 0 Å². The molecule has 0 unspecified atom stereocenters. The van der Waals surface area contributed by atoms with Gasteiger partial charge >= 0.3 is 0 Å². The molecule has 0 amide bonds. The molecule has 0 atom stereocenters. The summed E-state index contributed by atoms with van der Waals surface area (Å²) in [5.74, 6) is 1.67. The Hall–Kier alpha value is -1.26. The van der Waals surface area contributed by atoms with E-state index in [9.17, 15) is 0 Å². The Kier molecular flexibility index (Phi) is 2.79. The van der Waals surface area contributed by atoms with Crippen molar-refractivity contribution in [2.45, 2.75) is 13.5 Å². The Morgan fingerprint density at radius 2 is 2.00 bits per heavy atom. The van der Waals surface area contributed by atoms with E-state index in [1.165, 1.54) is 11.1 Å². The molecule has 0 aromatic heterocycles. The minimum atomic E-state index is 0.324. The molecule has 0 bridgehead atoms. The summed E-state index contributed by atoms with van der Waals surface area (Å²) < 4.78 is 10.6. The maximum atomic E-state index is 5.55. The summed E-state index contributed by atoms with van der Waals surface area (Å²) in [7, 11) is 1.99. The Morgan fingerprint density at radius 1 is 1.33 bits per heavy atom. The average molecular weight is 208 g/mol. The Bertz CT molecular complexity index is 366. The number of aryl methyl sites for hydroxylation is 1. The maximum absolute atomic E-state index is 5.55. The lowest BCUT2D eigenvalue weighted by atomic mass is 10.1. The highest BCUT2D eigenvalue weighted by atomic mass is 16.7. The number of ether oxygens (including phenoxy) is 2. The number of fused-ring (bicyclic) bond motifs is 1. The Labute approximate surface area is 89.6 Å². The van der Waals surface area contributed by atoms with E-state index in [0.29, 0.717) is 13.5 Å². The molecule has 1 aliphatic rings. The van der Waals surface area contributed by atoms with Crippen LogP contribution in [0.4, 0.5) is 0 Å². The molecule has 0 radical (unpaired) electrons. The molecule has 0 fully saturated rings. The number of benzene rings is 1. The highest BCUT2D eigenvalue weighted by Crippen LogP contribution is 2.34. The van der Waals surface area contributed by atoms with Gasteiger partial charge in [-0.1, -0.05) is 0 Å². The number of nitrogens with zero attached hydrogens (tertiary/aromatic N) is 1. The third kappa shape index (κ3) is 2.06. The van der Waals surface area contributed by atoms with Gasteiger partial charge in [0.2, 0.25) is 6.79 Å². The molecule has 0 saturated heterocycles. The fourth-order valence-corrected chi connectivity index (χ4v) is 1.61. The standard InChI is InChI=1S/C11H16N2O2/c1-8-3-10-11(15-7-14-10)4-9(8)5-13(2)6-12/h3-4H,5-7,12H2,1-2H3. The average Bonchev–Trinajstić information content (AvgIpc) is 2.65. The molecule has 1 aromatic rings. The number of hydrogen-bond donors (Lipinski definition) is 1. The van der Waals surface area contributed by atoms with E-state index in [-0.39, 0.29) is 0 Å². The second kappa shape index (κ2) is 4.08. The van der Waals surface area contributed by atoms with Crippen LogP contribution < -0.4 is 15.2 Å². The van der Waals surface area contributed by atoms with Crippen molar-refractivity contribution in [2.24, 2.45) is 5.73 Å². The SMILES string of the molecule is Cc1cc2c(cc1CN(C)CN)OCO2. The summed E-state index contributed by atoms with van der Waals surface area (Å²) in [6.07, 6.45) is 0. The highest BCUT2D eigenvalue weighted by molar-refractivity contribution is 5.48. The maximum Gasteiger partial charge on any atom is 0.231 e. The summed E-state index contributed by atoms with van der Waals surface area (Å²) in [6.45, 7) is 3.78. The molecule has 2 rings (SSSR count). The van der Waals surface area contributed by atoms with Crippen LogP contribution in [0.15, 0.2) is 12.1 Å². The van der Waals surface area contributed by atoms with Gasteiger partial charge in [-0.25, -0.2) is 0 Å². The first-order valence-electron chi connectivity index (χ1n) is 4.98. The van der Waals surface area contributed by atoms with Gasteiger partial charge in [0.05, 0.1) is 0 Å². The van der Waals surface area contributed by atoms with Crippen LogP contribution in [0, 0.1) is 6.92 Å². The molecule has 15 heavy (non-hydrogen) atoms. The summed E-state index contributed by atoms with van der Waals surface area (Å²) in [6, 6.07) is 4.05. The van der Waals surface area contributed by atoms with Crippen molar-refractivity contribution in [3.8, 4) is 11.5 Å². The summed E-state index contributed by atoms with van der Waals surface area (Å²) in [5.41, 5.74) is 7.99. The summed E-state index contributed by atoms with van der Waals surface area (Å²) in [4.78, 5) is 2.05. The molecule has 4 nitrogen and oxygen atoms in total. The zero-order valence-electron chi connectivity index (χ0n) is 9.12.